The minimum absolute atomic E-state index is 0.450. The van der Waals surface area contributed by atoms with E-state index in [1.165, 1.54) is 132 Å². The van der Waals surface area contributed by atoms with Crippen LogP contribution in [0.3, 0.4) is 0 Å². The van der Waals surface area contributed by atoms with E-state index in [0.29, 0.717) is 0 Å². The first kappa shape index (κ1) is 31.5. The van der Waals surface area contributed by atoms with Gasteiger partial charge in [-0.3, -0.25) is 0 Å². The minimum atomic E-state index is -0.450. The molecule has 270 valence electrons. The molecule has 14 rings (SSSR count). The molecule has 3 aliphatic carbocycles. The quantitative estimate of drug-likeness (QED) is 0.155. The Labute approximate surface area is 342 Å². The first-order valence-corrected chi connectivity index (χ1v) is 20.8. The second-order valence-corrected chi connectivity index (χ2v) is 16.7. The second-order valence-electron chi connectivity index (χ2n) is 16.7. The first-order chi connectivity index (χ1) is 29.3. The summed E-state index contributed by atoms with van der Waals surface area (Å²) in [7, 11) is 0. The van der Waals surface area contributed by atoms with Crippen molar-refractivity contribution in [2.45, 2.75) is 5.41 Å². The summed E-state index contributed by atoms with van der Waals surface area (Å²) in [5.74, 6) is 0. The van der Waals surface area contributed by atoms with Gasteiger partial charge in [0, 0.05) is 0 Å². The minimum Gasteiger partial charge on any atom is -0.0619 e. The molecule has 0 saturated heterocycles. The SMILES string of the molecule is c1ccc2c(c1)-c1cccc3c(-c4ccc(-c5ccc6cc7c(cc6c5)C5(c6ccccc6-c6ccccc65)c5c-7c6ccccc6c6ccccc56)cc4)ccc-2c13. The molecule has 3 aliphatic rings. The first-order valence-electron chi connectivity index (χ1n) is 20.8. The Kier molecular flexibility index (Phi) is 6.05. The molecule has 0 aliphatic heterocycles. The molecule has 11 aromatic carbocycles. The molecule has 0 heterocycles. The molecule has 0 fully saturated rings. The maximum atomic E-state index is 2.54. The van der Waals surface area contributed by atoms with Crippen molar-refractivity contribution in [1.29, 1.82) is 0 Å². The van der Waals surface area contributed by atoms with Crippen LogP contribution in [-0.4, -0.2) is 0 Å². The van der Waals surface area contributed by atoms with Gasteiger partial charge in [-0.25, -0.2) is 0 Å². The predicted molar refractivity (Wildman–Crippen MR) is 248 cm³/mol. The molecule has 0 unspecified atom stereocenters. The van der Waals surface area contributed by atoms with Gasteiger partial charge in [-0.2, -0.15) is 0 Å². The van der Waals surface area contributed by atoms with Gasteiger partial charge in [0.15, 0.2) is 0 Å². The van der Waals surface area contributed by atoms with Crippen LogP contribution in [0.15, 0.2) is 206 Å². The molecule has 0 N–H and O–H groups in total. The average molecular weight is 743 g/mol. The van der Waals surface area contributed by atoms with Gasteiger partial charge >= 0.3 is 0 Å². The molecule has 59 heavy (non-hydrogen) atoms. The Morgan fingerprint density at radius 3 is 1.51 bits per heavy atom. The Bertz CT molecular complexity index is 3580. The van der Waals surface area contributed by atoms with Gasteiger partial charge in [-0.1, -0.05) is 188 Å². The van der Waals surface area contributed by atoms with Crippen LogP contribution in [0.2, 0.25) is 0 Å². The molecular weight excluding hydrogens is 709 g/mol. The van der Waals surface area contributed by atoms with Crippen LogP contribution in [0.25, 0.3) is 110 Å². The van der Waals surface area contributed by atoms with Crippen molar-refractivity contribution in [3.63, 3.8) is 0 Å². The zero-order chi connectivity index (χ0) is 38.4. The van der Waals surface area contributed by atoms with Crippen LogP contribution in [0.4, 0.5) is 0 Å². The van der Waals surface area contributed by atoms with E-state index in [4.69, 9.17) is 0 Å². The number of rotatable bonds is 2. The lowest BCUT2D eigenvalue weighted by Gasteiger charge is -2.32. The van der Waals surface area contributed by atoms with Gasteiger partial charge in [0.05, 0.1) is 5.41 Å². The number of benzene rings is 11. The summed E-state index contributed by atoms with van der Waals surface area (Å²) in [5, 5.41) is 10.5. The summed E-state index contributed by atoms with van der Waals surface area (Å²) in [4.78, 5) is 0. The highest BCUT2D eigenvalue weighted by atomic mass is 14.5. The smallest absolute Gasteiger partial charge is 0.0619 e. The fourth-order valence-corrected chi connectivity index (χ4v) is 11.6. The summed E-state index contributed by atoms with van der Waals surface area (Å²) < 4.78 is 0. The molecule has 0 atom stereocenters. The third-order valence-electron chi connectivity index (χ3n) is 14.0. The zero-order valence-corrected chi connectivity index (χ0v) is 32.1. The lowest BCUT2D eigenvalue weighted by Crippen LogP contribution is -2.26. The van der Waals surface area contributed by atoms with Crippen LogP contribution in [0.5, 0.6) is 0 Å². The molecule has 1 spiro atoms. The maximum absolute atomic E-state index is 2.54. The van der Waals surface area contributed by atoms with Crippen LogP contribution in [0.1, 0.15) is 22.3 Å². The van der Waals surface area contributed by atoms with Gasteiger partial charge in [-0.15, -0.1) is 0 Å². The van der Waals surface area contributed by atoms with E-state index in [9.17, 15) is 0 Å². The highest BCUT2D eigenvalue weighted by molar-refractivity contribution is 6.21. The van der Waals surface area contributed by atoms with Crippen molar-refractivity contribution in [3.8, 4) is 66.8 Å². The van der Waals surface area contributed by atoms with E-state index in [-0.39, 0.29) is 0 Å². The normalized spacial score (nSPS) is 13.6. The van der Waals surface area contributed by atoms with Crippen molar-refractivity contribution < 1.29 is 0 Å². The molecule has 11 aromatic rings. The monoisotopic (exact) mass is 742 g/mol. The Morgan fingerprint density at radius 1 is 0.254 bits per heavy atom. The van der Waals surface area contributed by atoms with Crippen LogP contribution in [0, 0.1) is 0 Å². The van der Waals surface area contributed by atoms with Crippen molar-refractivity contribution in [2.75, 3.05) is 0 Å². The standard InChI is InChI=1S/C59H34/c1-2-13-42-41(12-1)48-21-11-20-47-40(30-31-50(42)56(47)48)36-26-24-35(25-27-36)37-28-29-38-33-52-55(34-39(38)32-37)59(53-22-9-7-16-45(53)46-17-8-10-23-54(46)59)58-51-19-6-4-15-44(51)43-14-3-5-18-49(43)57(52)58/h1-34H. The van der Waals surface area contributed by atoms with Crippen LogP contribution in [-0.2, 0) is 5.41 Å². The maximum Gasteiger partial charge on any atom is 0.0731 e. The number of fused-ring (bicyclic) bond motifs is 19. The average Bonchev–Trinajstić information content (AvgIpc) is 3.91. The molecule has 0 saturated carbocycles. The van der Waals surface area contributed by atoms with E-state index in [2.05, 4.69) is 206 Å². The third kappa shape index (κ3) is 3.94. The summed E-state index contributed by atoms with van der Waals surface area (Å²) in [6.07, 6.45) is 0. The largest absolute Gasteiger partial charge is 0.0731 e. The van der Waals surface area contributed by atoms with E-state index in [1.807, 2.05) is 0 Å². The number of hydrogen-bond donors (Lipinski definition) is 0. The fraction of sp³-hybridized carbons (Fsp3) is 0.0169. The lowest BCUT2D eigenvalue weighted by molar-refractivity contribution is 0.803. The Hall–Kier alpha value is -7.54. The predicted octanol–water partition coefficient (Wildman–Crippen LogP) is 15.6. The fourth-order valence-electron chi connectivity index (χ4n) is 11.6. The second kappa shape index (κ2) is 11.3. The van der Waals surface area contributed by atoms with E-state index in [0.717, 1.165) is 0 Å². The third-order valence-corrected chi connectivity index (χ3v) is 14.0. The molecule has 0 aromatic heterocycles. The molecule has 0 radical (unpaired) electrons. The topological polar surface area (TPSA) is 0 Å². The van der Waals surface area contributed by atoms with Crippen molar-refractivity contribution >= 4 is 43.1 Å². The van der Waals surface area contributed by atoms with Crippen molar-refractivity contribution in [2.24, 2.45) is 0 Å². The lowest BCUT2D eigenvalue weighted by atomic mass is 9.69. The summed E-state index contributed by atoms with van der Waals surface area (Å²) in [6, 6.07) is 78.0. The van der Waals surface area contributed by atoms with Gasteiger partial charge in [0.1, 0.15) is 0 Å². The Balaban J connectivity index is 0.969. The van der Waals surface area contributed by atoms with Gasteiger partial charge < -0.3 is 0 Å². The highest BCUT2D eigenvalue weighted by Gasteiger charge is 2.53. The number of hydrogen-bond acceptors (Lipinski definition) is 0. The van der Waals surface area contributed by atoms with E-state index < -0.39 is 5.41 Å². The van der Waals surface area contributed by atoms with E-state index >= 15 is 0 Å². The molecular formula is C59H34. The zero-order valence-electron chi connectivity index (χ0n) is 32.1. The molecule has 0 heteroatoms. The van der Waals surface area contributed by atoms with Crippen molar-refractivity contribution in [1.82, 2.24) is 0 Å². The molecule has 0 bridgehead atoms. The highest BCUT2D eigenvalue weighted by Crippen LogP contribution is 2.66. The van der Waals surface area contributed by atoms with Crippen LogP contribution >= 0.6 is 0 Å². The molecule has 0 amide bonds. The van der Waals surface area contributed by atoms with Gasteiger partial charge in [0.2, 0.25) is 0 Å². The van der Waals surface area contributed by atoms with Gasteiger partial charge in [-0.05, 0) is 150 Å². The van der Waals surface area contributed by atoms with Crippen LogP contribution < -0.4 is 0 Å². The van der Waals surface area contributed by atoms with Crippen molar-refractivity contribution in [3.05, 3.63) is 229 Å². The Morgan fingerprint density at radius 2 is 0.780 bits per heavy atom. The van der Waals surface area contributed by atoms with E-state index in [1.54, 1.807) is 0 Å². The van der Waals surface area contributed by atoms with Gasteiger partial charge in [0.25, 0.3) is 0 Å². The summed E-state index contributed by atoms with van der Waals surface area (Å²) in [6.45, 7) is 0. The molecule has 0 nitrogen and oxygen atoms in total. The summed E-state index contributed by atoms with van der Waals surface area (Å²) >= 11 is 0. The summed E-state index contributed by atoms with van der Waals surface area (Å²) in [5.41, 5.74) is 20.8.